The molecule has 3 fully saturated rings. The van der Waals surface area contributed by atoms with Crippen molar-refractivity contribution in [3.8, 4) is 0 Å². The van der Waals surface area contributed by atoms with Crippen molar-refractivity contribution in [2.24, 2.45) is 4.99 Å². The smallest absolute Gasteiger partial charge is 0.194 e. The Balaban J connectivity index is 0.00000147. The Labute approximate surface area is 144 Å². The first-order chi connectivity index (χ1) is 9.31. The van der Waals surface area contributed by atoms with Crippen molar-refractivity contribution >= 4 is 41.7 Å². The minimum Gasteiger partial charge on any atom is -0.354 e. The van der Waals surface area contributed by atoms with E-state index < -0.39 is 0 Å². The number of hydrogen-bond donors (Lipinski definition) is 1. The number of guanidine groups is 1. The van der Waals surface area contributed by atoms with Gasteiger partial charge in [-0.1, -0.05) is 19.3 Å². The summed E-state index contributed by atoms with van der Waals surface area (Å²) in [6.07, 6.45) is 9.79. The van der Waals surface area contributed by atoms with Crippen LogP contribution in [0.15, 0.2) is 4.99 Å². The maximum absolute atomic E-state index is 4.73. The van der Waals surface area contributed by atoms with Crippen LogP contribution in [0.3, 0.4) is 0 Å². The molecule has 5 heteroatoms. The average Bonchev–Trinajstić information content (AvgIpc) is 3.23. The molecule has 0 atom stereocenters. The van der Waals surface area contributed by atoms with Crippen LogP contribution >= 0.6 is 35.7 Å². The molecule has 1 saturated heterocycles. The Kier molecular flexibility index (Phi) is 6.32. The molecule has 20 heavy (non-hydrogen) atoms. The maximum Gasteiger partial charge on any atom is 0.194 e. The van der Waals surface area contributed by atoms with Gasteiger partial charge in [-0.25, -0.2) is 0 Å². The van der Waals surface area contributed by atoms with E-state index in [9.17, 15) is 0 Å². The highest BCUT2D eigenvalue weighted by Crippen LogP contribution is 2.42. The van der Waals surface area contributed by atoms with Crippen molar-refractivity contribution in [2.75, 3.05) is 25.4 Å². The third-order valence-electron chi connectivity index (χ3n) is 4.53. The summed E-state index contributed by atoms with van der Waals surface area (Å²) in [6, 6.07) is 0.710. The van der Waals surface area contributed by atoms with Crippen LogP contribution < -0.4 is 5.32 Å². The van der Waals surface area contributed by atoms with Crippen molar-refractivity contribution in [1.82, 2.24) is 10.2 Å². The van der Waals surface area contributed by atoms with Gasteiger partial charge in [-0.15, -0.1) is 24.0 Å². The van der Waals surface area contributed by atoms with Gasteiger partial charge in [-0.2, -0.15) is 11.8 Å². The van der Waals surface area contributed by atoms with E-state index in [4.69, 9.17) is 4.99 Å². The number of aliphatic imine (C=N–C) groups is 1. The third-order valence-corrected chi connectivity index (χ3v) is 6.07. The lowest BCUT2D eigenvalue weighted by molar-refractivity contribution is 0.293. The van der Waals surface area contributed by atoms with Gasteiger partial charge in [0, 0.05) is 36.2 Å². The first kappa shape index (κ1) is 16.7. The predicted octanol–water partition coefficient (Wildman–Crippen LogP) is 3.48. The number of nitrogens with one attached hydrogen (secondary N) is 1. The standard InChI is InChI=1S/C15H27N3S.HI/c1-2-16-14(17-13-6-7-13)18-10-11-19-15(12-18)8-4-3-5-9-15;/h13H,2-12H2,1H3,(H,16,17);1H. The molecule has 0 aromatic heterocycles. The Hall–Kier alpha value is 0.350. The highest BCUT2D eigenvalue weighted by molar-refractivity contribution is 14.0. The lowest BCUT2D eigenvalue weighted by Gasteiger charge is -2.45. The van der Waals surface area contributed by atoms with Gasteiger partial charge in [-0.05, 0) is 32.6 Å². The molecule has 0 amide bonds. The Bertz CT molecular complexity index is 333. The summed E-state index contributed by atoms with van der Waals surface area (Å²) in [4.78, 5) is 7.27. The molecule has 0 unspecified atom stereocenters. The topological polar surface area (TPSA) is 27.6 Å². The molecule has 0 radical (unpaired) electrons. The van der Waals surface area contributed by atoms with Gasteiger partial charge in [0.15, 0.2) is 5.96 Å². The largest absolute Gasteiger partial charge is 0.354 e. The summed E-state index contributed by atoms with van der Waals surface area (Å²) in [5.74, 6) is 2.46. The van der Waals surface area contributed by atoms with Crippen LogP contribution in [0.25, 0.3) is 0 Å². The summed E-state index contributed by atoms with van der Waals surface area (Å²) in [5, 5.41) is 3.65. The second-order valence-corrected chi connectivity index (χ2v) is 7.79. The summed E-state index contributed by atoms with van der Waals surface area (Å²) < 4.78 is 0.538. The lowest BCUT2D eigenvalue weighted by Crippen LogP contribution is -2.53. The molecule has 0 aromatic carbocycles. The number of thioether (sulfide) groups is 1. The minimum absolute atomic E-state index is 0. The summed E-state index contributed by atoms with van der Waals surface area (Å²) >= 11 is 2.24. The van der Waals surface area contributed by atoms with Gasteiger partial charge in [0.25, 0.3) is 0 Å². The zero-order chi connectivity index (χ0) is 13.1. The van der Waals surface area contributed by atoms with Gasteiger partial charge >= 0.3 is 0 Å². The molecule has 2 saturated carbocycles. The second-order valence-electron chi connectivity index (χ2n) is 6.23. The zero-order valence-electron chi connectivity index (χ0n) is 12.6. The molecule has 0 aromatic rings. The molecule has 1 spiro atoms. The van der Waals surface area contributed by atoms with E-state index in [-0.39, 0.29) is 24.0 Å². The van der Waals surface area contributed by atoms with Crippen LogP contribution in [0.5, 0.6) is 0 Å². The summed E-state index contributed by atoms with van der Waals surface area (Å²) in [5.41, 5.74) is 0. The second kappa shape index (κ2) is 7.56. The van der Waals surface area contributed by atoms with Crippen LogP contribution in [0.4, 0.5) is 0 Å². The van der Waals surface area contributed by atoms with Gasteiger partial charge < -0.3 is 10.2 Å². The summed E-state index contributed by atoms with van der Waals surface area (Å²) in [7, 11) is 0. The molecule has 3 nitrogen and oxygen atoms in total. The number of rotatable bonds is 2. The molecule has 1 heterocycles. The molecule has 1 N–H and O–H groups in total. The monoisotopic (exact) mass is 409 g/mol. The maximum atomic E-state index is 4.73. The SMILES string of the molecule is CCN=C(NC1CC1)N1CCSC2(CCCCC2)C1.I. The van der Waals surface area contributed by atoms with Crippen LogP contribution in [-0.4, -0.2) is 47.0 Å². The van der Waals surface area contributed by atoms with Crippen LogP contribution in [-0.2, 0) is 0 Å². The fraction of sp³-hybridized carbons (Fsp3) is 0.933. The fourth-order valence-electron chi connectivity index (χ4n) is 3.32. The van der Waals surface area contributed by atoms with Crippen molar-refractivity contribution in [3.63, 3.8) is 0 Å². The first-order valence-electron chi connectivity index (χ1n) is 8.01. The molecule has 2 aliphatic carbocycles. The number of halogens is 1. The van der Waals surface area contributed by atoms with Gasteiger partial charge in [-0.3, -0.25) is 4.99 Å². The van der Waals surface area contributed by atoms with Crippen LogP contribution in [0.1, 0.15) is 51.9 Å². The Morgan fingerprint density at radius 1 is 1.30 bits per heavy atom. The Morgan fingerprint density at radius 3 is 2.70 bits per heavy atom. The number of hydrogen-bond acceptors (Lipinski definition) is 2. The molecule has 116 valence electrons. The van der Waals surface area contributed by atoms with Crippen LogP contribution in [0.2, 0.25) is 0 Å². The van der Waals surface area contributed by atoms with Gasteiger partial charge in [0.05, 0.1) is 0 Å². The first-order valence-corrected chi connectivity index (χ1v) is 9.00. The summed E-state index contributed by atoms with van der Waals surface area (Å²) in [6.45, 7) is 5.43. The quantitative estimate of drug-likeness (QED) is 0.430. The van der Waals surface area contributed by atoms with E-state index in [1.54, 1.807) is 0 Å². The molecule has 1 aliphatic heterocycles. The molecule has 0 bridgehead atoms. The predicted molar refractivity (Wildman–Crippen MR) is 99.4 cm³/mol. The van der Waals surface area contributed by atoms with Crippen molar-refractivity contribution in [1.29, 1.82) is 0 Å². The van der Waals surface area contributed by atoms with E-state index in [0.29, 0.717) is 10.8 Å². The molecular weight excluding hydrogens is 381 g/mol. The van der Waals surface area contributed by atoms with Crippen LogP contribution in [0, 0.1) is 0 Å². The van der Waals surface area contributed by atoms with E-state index in [1.165, 1.54) is 69.7 Å². The minimum atomic E-state index is 0. The van der Waals surface area contributed by atoms with Gasteiger partial charge in [0.2, 0.25) is 0 Å². The number of nitrogens with zero attached hydrogens (tertiary/aromatic N) is 2. The van der Waals surface area contributed by atoms with E-state index in [0.717, 1.165) is 6.54 Å². The third kappa shape index (κ3) is 4.18. The van der Waals surface area contributed by atoms with Crippen molar-refractivity contribution in [2.45, 2.75) is 62.7 Å². The zero-order valence-corrected chi connectivity index (χ0v) is 15.7. The Morgan fingerprint density at radius 2 is 2.05 bits per heavy atom. The molecular formula is C15H28IN3S. The van der Waals surface area contributed by atoms with Gasteiger partial charge in [0.1, 0.15) is 0 Å². The highest BCUT2D eigenvalue weighted by Gasteiger charge is 2.38. The van der Waals surface area contributed by atoms with Crippen molar-refractivity contribution < 1.29 is 0 Å². The van der Waals surface area contributed by atoms with Crippen molar-refractivity contribution in [3.05, 3.63) is 0 Å². The normalized spacial score (nSPS) is 26.2. The van der Waals surface area contributed by atoms with E-state index >= 15 is 0 Å². The fourth-order valence-corrected chi connectivity index (χ4v) is 4.89. The lowest BCUT2D eigenvalue weighted by atomic mass is 9.87. The highest BCUT2D eigenvalue weighted by atomic mass is 127. The van der Waals surface area contributed by atoms with E-state index in [2.05, 4.69) is 28.9 Å². The molecule has 3 rings (SSSR count). The average molecular weight is 409 g/mol. The molecule has 3 aliphatic rings. The van der Waals surface area contributed by atoms with E-state index in [1.807, 2.05) is 0 Å².